The highest BCUT2D eigenvalue weighted by Gasteiger charge is 2.34. The molecule has 5 N–H and O–H groups in total. The molecule has 0 radical (unpaired) electrons. The zero-order valence-electron chi connectivity index (χ0n) is 20.1. The van der Waals surface area contributed by atoms with Crippen molar-refractivity contribution in [2.75, 3.05) is 39.2 Å². The van der Waals surface area contributed by atoms with Crippen LogP contribution in [0, 0.1) is 5.41 Å². The quantitative estimate of drug-likeness (QED) is 0.455. The molecule has 4 amide bonds. The molecule has 1 aliphatic rings. The van der Waals surface area contributed by atoms with E-state index in [1.165, 1.54) is 12.0 Å². The topological polar surface area (TPSA) is 137 Å². The van der Waals surface area contributed by atoms with Crippen molar-refractivity contribution in [3.63, 3.8) is 0 Å². The van der Waals surface area contributed by atoms with E-state index < -0.39 is 23.7 Å². The summed E-state index contributed by atoms with van der Waals surface area (Å²) in [6.07, 6.45) is -0.275. The summed E-state index contributed by atoms with van der Waals surface area (Å²) in [5.41, 5.74) is 7.49. The Labute approximate surface area is 195 Å². The van der Waals surface area contributed by atoms with E-state index in [0.717, 1.165) is 11.3 Å². The Balaban J connectivity index is 2.03. The fraction of sp³-hybridized carbons (Fsp3) is 0.609. The molecular weight excluding hydrogens is 426 g/mol. The van der Waals surface area contributed by atoms with Gasteiger partial charge in [-0.05, 0) is 29.9 Å². The van der Waals surface area contributed by atoms with E-state index in [2.05, 4.69) is 10.6 Å². The van der Waals surface area contributed by atoms with Crippen LogP contribution in [0.4, 0.5) is 15.3 Å². The lowest BCUT2D eigenvalue weighted by Gasteiger charge is -2.37. The number of aliphatic hydroxyl groups excluding tert-OH is 1. The van der Waals surface area contributed by atoms with Crippen LogP contribution in [0.1, 0.15) is 32.3 Å². The molecule has 0 aromatic heterocycles. The number of rotatable bonds is 8. The molecule has 10 nitrogen and oxygen atoms in total. The van der Waals surface area contributed by atoms with Crippen LogP contribution in [0.25, 0.3) is 0 Å². The van der Waals surface area contributed by atoms with Gasteiger partial charge in [-0.25, -0.2) is 9.59 Å². The van der Waals surface area contributed by atoms with Crippen LogP contribution < -0.4 is 21.3 Å². The van der Waals surface area contributed by atoms with E-state index in [-0.39, 0.29) is 30.9 Å². The summed E-state index contributed by atoms with van der Waals surface area (Å²) in [5.74, 6) is -0.0913. The molecule has 1 aromatic rings. The number of hydrogen-bond acceptors (Lipinski definition) is 6. The third kappa shape index (κ3) is 7.61. The van der Waals surface area contributed by atoms with E-state index in [1.807, 2.05) is 38.1 Å². The molecule has 1 unspecified atom stereocenters. The summed E-state index contributed by atoms with van der Waals surface area (Å²) < 4.78 is 4.71. The lowest BCUT2D eigenvalue weighted by Crippen LogP contribution is -2.51. The first-order valence-corrected chi connectivity index (χ1v) is 11.0. The number of hydrogen-bond donors (Lipinski definition) is 4. The molecule has 184 valence electrons. The number of alkyl carbamates (subject to hydrolysis) is 1. The predicted molar refractivity (Wildman–Crippen MR) is 126 cm³/mol. The van der Waals surface area contributed by atoms with Crippen molar-refractivity contribution in [2.24, 2.45) is 11.1 Å². The van der Waals surface area contributed by atoms with Gasteiger partial charge in [0.05, 0.1) is 19.3 Å². The Morgan fingerprint density at radius 1 is 1.30 bits per heavy atom. The number of urea groups is 1. The minimum atomic E-state index is -0.937. The number of nitrogens with two attached hydrogens (primary N) is 1. The van der Waals surface area contributed by atoms with Crippen molar-refractivity contribution >= 4 is 23.7 Å². The van der Waals surface area contributed by atoms with Gasteiger partial charge in [-0.15, -0.1) is 0 Å². The van der Waals surface area contributed by atoms with Crippen LogP contribution in [-0.4, -0.2) is 80.5 Å². The van der Waals surface area contributed by atoms with Crippen LogP contribution in [-0.2, 0) is 16.0 Å². The Morgan fingerprint density at radius 2 is 1.97 bits per heavy atom. The number of methoxy groups -OCH3 is 1. The van der Waals surface area contributed by atoms with Gasteiger partial charge in [0, 0.05) is 45.3 Å². The van der Waals surface area contributed by atoms with Crippen LogP contribution in [0.5, 0.6) is 0 Å². The fourth-order valence-corrected chi connectivity index (χ4v) is 4.01. The normalized spacial score (nSPS) is 17.4. The molecule has 1 aromatic carbocycles. The number of carbonyl (C=O) groups is 3. The summed E-state index contributed by atoms with van der Waals surface area (Å²) in [7, 11) is 4.53. The number of benzene rings is 1. The van der Waals surface area contributed by atoms with Gasteiger partial charge in [-0.3, -0.25) is 4.79 Å². The molecule has 10 heteroatoms. The fourth-order valence-electron chi connectivity index (χ4n) is 4.01. The van der Waals surface area contributed by atoms with Crippen LogP contribution in [0.15, 0.2) is 24.3 Å². The molecule has 1 aliphatic heterocycles. The molecule has 0 saturated carbocycles. The lowest BCUT2D eigenvalue weighted by atomic mass is 9.80. The van der Waals surface area contributed by atoms with E-state index in [9.17, 15) is 19.5 Å². The van der Waals surface area contributed by atoms with Crippen LogP contribution in [0.3, 0.4) is 0 Å². The zero-order valence-corrected chi connectivity index (χ0v) is 20.1. The number of nitrogens with zero attached hydrogens (tertiary/aromatic N) is 2. The molecule has 1 heterocycles. The van der Waals surface area contributed by atoms with Crippen molar-refractivity contribution < 1.29 is 24.2 Å². The molecule has 33 heavy (non-hydrogen) atoms. The minimum absolute atomic E-state index is 0.0303. The number of nitrogens with one attached hydrogen (secondary N) is 2. The first-order chi connectivity index (χ1) is 15.4. The maximum absolute atomic E-state index is 13.3. The largest absolute Gasteiger partial charge is 0.453 e. The average Bonchev–Trinajstić information content (AvgIpc) is 2.75. The lowest BCUT2D eigenvalue weighted by molar-refractivity contribution is -0.120. The second-order valence-electron chi connectivity index (χ2n) is 9.53. The molecule has 0 bridgehead atoms. The van der Waals surface area contributed by atoms with E-state index >= 15 is 0 Å². The van der Waals surface area contributed by atoms with Gasteiger partial charge in [-0.2, -0.15) is 0 Å². The highest BCUT2D eigenvalue weighted by Crippen LogP contribution is 2.32. The molecule has 0 spiro atoms. The molecule has 0 fully saturated rings. The average molecular weight is 464 g/mol. The summed E-state index contributed by atoms with van der Waals surface area (Å²) in [4.78, 5) is 39.8. The minimum Gasteiger partial charge on any atom is -0.453 e. The second-order valence-corrected chi connectivity index (χ2v) is 9.53. The second kappa shape index (κ2) is 11.3. The number of amides is 4. The zero-order chi connectivity index (χ0) is 24.8. The monoisotopic (exact) mass is 463 g/mol. The predicted octanol–water partition coefficient (Wildman–Crippen LogP) is 1.07. The van der Waals surface area contributed by atoms with E-state index in [0.29, 0.717) is 19.4 Å². The van der Waals surface area contributed by atoms with Crippen LogP contribution in [0.2, 0.25) is 0 Å². The number of fused-ring (bicyclic) bond motifs is 1. The SMILES string of the molecule is COC(=O)NC1Cc2ccccc2N(C(=O)CC(C)(C)C[C@H](N)[C@@H](O)CNC(=O)N(C)C)C1. The number of para-hydroxylation sites is 1. The first-order valence-electron chi connectivity index (χ1n) is 11.0. The number of carbonyl (C=O) groups excluding carboxylic acids is 3. The number of anilines is 1. The number of aliphatic hydroxyl groups is 1. The Morgan fingerprint density at radius 3 is 2.61 bits per heavy atom. The summed E-state index contributed by atoms with van der Waals surface area (Å²) in [6, 6.07) is 6.45. The third-order valence-corrected chi connectivity index (χ3v) is 5.74. The summed E-state index contributed by atoms with van der Waals surface area (Å²) >= 11 is 0. The van der Waals surface area contributed by atoms with Gasteiger partial charge in [0.2, 0.25) is 5.91 Å². The highest BCUT2D eigenvalue weighted by molar-refractivity contribution is 5.95. The first kappa shape index (κ1) is 26.4. The van der Waals surface area contributed by atoms with Gasteiger partial charge in [0.15, 0.2) is 0 Å². The van der Waals surface area contributed by atoms with Crippen LogP contribution >= 0.6 is 0 Å². The smallest absolute Gasteiger partial charge is 0.407 e. The van der Waals surface area contributed by atoms with Gasteiger partial charge in [0.25, 0.3) is 0 Å². The van der Waals surface area contributed by atoms with Gasteiger partial charge < -0.3 is 36.0 Å². The Bertz CT molecular complexity index is 844. The van der Waals surface area contributed by atoms with Gasteiger partial charge >= 0.3 is 12.1 Å². The molecule has 0 saturated heterocycles. The molecule has 3 atom stereocenters. The van der Waals surface area contributed by atoms with Gasteiger partial charge in [0.1, 0.15) is 0 Å². The van der Waals surface area contributed by atoms with Crippen molar-refractivity contribution in [3.8, 4) is 0 Å². The Kier molecular flexibility index (Phi) is 9.07. The molecule has 0 aliphatic carbocycles. The molecular formula is C23H37N5O5. The summed E-state index contributed by atoms with van der Waals surface area (Å²) in [6.45, 7) is 4.22. The van der Waals surface area contributed by atoms with Crippen molar-refractivity contribution in [3.05, 3.63) is 29.8 Å². The van der Waals surface area contributed by atoms with Crippen molar-refractivity contribution in [1.82, 2.24) is 15.5 Å². The standard InChI is InChI=1S/C23H37N5O5/c1-23(2,11-17(24)19(29)13-25-21(31)27(3)4)12-20(30)28-14-16(26-22(32)33-5)10-15-8-6-7-9-18(15)28/h6-9,16-17,19,29H,10-14,24H2,1-5H3,(H,25,31)(H,26,32)/t16?,17-,19-/m0/s1. The maximum Gasteiger partial charge on any atom is 0.407 e. The molecule has 2 rings (SSSR count). The number of ether oxygens (including phenoxy) is 1. The van der Waals surface area contributed by atoms with Gasteiger partial charge in [-0.1, -0.05) is 32.0 Å². The third-order valence-electron chi connectivity index (χ3n) is 5.74. The Hall–Kier alpha value is -2.85. The van der Waals surface area contributed by atoms with E-state index in [4.69, 9.17) is 10.5 Å². The van der Waals surface area contributed by atoms with Crippen molar-refractivity contribution in [1.29, 1.82) is 0 Å². The highest BCUT2D eigenvalue weighted by atomic mass is 16.5. The van der Waals surface area contributed by atoms with E-state index in [1.54, 1.807) is 19.0 Å². The van der Waals surface area contributed by atoms with Crippen molar-refractivity contribution in [2.45, 2.75) is 51.3 Å². The summed E-state index contributed by atoms with van der Waals surface area (Å²) in [5, 5.41) is 15.8. The maximum atomic E-state index is 13.3.